The zero-order valence-corrected chi connectivity index (χ0v) is 15.3. The summed E-state index contributed by atoms with van der Waals surface area (Å²) in [7, 11) is 0. The number of rotatable bonds is 5. The highest BCUT2D eigenvalue weighted by Gasteiger charge is 2.44. The molecule has 2 saturated carbocycles. The van der Waals surface area contributed by atoms with E-state index in [9.17, 15) is 15.3 Å². The van der Waals surface area contributed by atoms with Crippen molar-refractivity contribution < 1.29 is 20.1 Å². The fourth-order valence-electron chi connectivity index (χ4n) is 4.13. The monoisotopic (exact) mass is 328 g/mol. The van der Waals surface area contributed by atoms with Gasteiger partial charge in [-0.2, -0.15) is 0 Å². The van der Waals surface area contributed by atoms with Crippen LogP contribution < -0.4 is 0 Å². The molecule has 2 aliphatic carbocycles. The molecule has 0 bridgehead atoms. The Morgan fingerprint density at radius 3 is 2.43 bits per heavy atom. The Kier molecular flexibility index (Phi) is 6.15. The molecule has 0 aromatic carbocycles. The van der Waals surface area contributed by atoms with Gasteiger partial charge in [0, 0.05) is 6.42 Å². The van der Waals surface area contributed by atoms with Gasteiger partial charge in [0.2, 0.25) is 0 Å². The molecule has 23 heavy (non-hydrogen) atoms. The summed E-state index contributed by atoms with van der Waals surface area (Å²) in [4.78, 5) is 0. The van der Waals surface area contributed by atoms with Gasteiger partial charge in [0.05, 0.1) is 24.4 Å². The van der Waals surface area contributed by atoms with Crippen LogP contribution in [0.2, 0.25) is 0 Å². The van der Waals surface area contributed by atoms with Gasteiger partial charge in [0.1, 0.15) is 5.60 Å². The van der Waals surface area contributed by atoms with Crippen molar-refractivity contribution in [3.05, 3.63) is 0 Å². The molecular formula is C19H36O4. The van der Waals surface area contributed by atoms with E-state index in [1.54, 1.807) is 0 Å². The van der Waals surface area contributed by atoms with Crippen LogP contribution in [0, 0.1) is 17.8 Å². The lowest BCUT2D eigenvalue weighted by molar-refractivity contribution is -0.182. The standard InChI is InChI=1S/C19H36O4/c1-5-15-7-9-19(22,17(20)10-15)12-23-16-11-18(21,13(2)3)8-6-14(16)4/h13-17,20-22H,5-12H2,1-4H3. The lowest BCUT2D eigenvalue weighted by Crippen LogP contribution is -2.53. The highest BCUT2D eigenvalue weighted by Crippen LogP contribution is 2.40. The second-order valence-electron chi connectivity index (χ2n) is 8.50. The van der Waals surface area contributed by atoms with E-state index in [0.717, 1.165) is 25.7 Å². The Bertz CT molecular complexity index is 386. The Morgan fingerprint density at radius 1 is 1.17 bits per heavy atom. The van der Waals surface area contributed by atoms with Gasteiger partial charge >= 0.3 is 0 Å². The van der Waals surface area contributed by atoms with Crippen molar-refractivity contribution in [3.8, 4) is 0 Å². The molecule has 6 unspecified atom stereocenters. The minimum Gasteiger partial charge on any atom is -0.390 e. The summed E-state index contributed by atoms with van der Waals surface area (Å²) in [5.74, 6) is 1.08. The quantitative estimate of drug-likeness (QED) is 0.726. The predicted octanol–water partition coefficient (Wildman–Crippen LogP) is 2.88. The second kappa shape index (κ2) is 7.38. The van der Waals surface area contributed by atoms with Gasteiger partial charge in [-0.15, -0.1) is 0 Å². The van der Waals surface area contributed by atoms with Crippen molar-refractivity contribution in [3.63, 3.8) is 0 Å². The normalized spacial score (nSPS) is 45.4. The highest BCUT2D eigenvalue weighted by atomic mass is 16.5. The number of aliphatic hydroxyl groups excluding tert-OH is 1. The van der Waals surface area contributed by atoms with Crippen LogP contribution in [0.4, 0.5) is 0 Å². The third-order valence-electron chi connectivity index (χ3n) is 6.58. The van der Waals surface area contributed by atoms with E-state index in [1.165, 1.54) is 0 Å². The van der Waals surface area contributed by atoms with Gasteiger partial charge in [-0.05, 0) is 49.9 Å². The summed E-state index contributed by atoms with van der Waals surface area (Å²) >= 11 is 0. The van der Waals surface area contributed by atoms with Gasteiger partial charge in [-0.3, -0.25) is 0 Å². The lowest BCUT2D eigenvalue weighted by Gasteiger charge is -2.45. The SMILES string of the molecule is CCC1CCC(O)(COC2CC(O)(C(C)C)CCC2C)C(O)C1. The summed E-state index contributed by atoms with van der Waals surface area (Å²) in [6, 6.07) is 0. The van der Waals surface area contributed by atoms with Crippen LogP contribution in [0.25, 0.3) is 0 Å². The first-order valence-corrected chi connectivity index (χ1v) is 9.44. The third-order valence-corrected chi connectivity index (χ3v) is 6.58. The van der Waals surface area contributed by atoms with E-state index in [-0.39, 0.29) is 18.6 Å². The average Bonchev–Trinajstić information content (AvgIpc) is 2.51. The van der Waals surface area contributed by atoms with Crippen molar-refractivity contribution in [2.75, 3.05) is 6.61 Å². The molecule has 4 heteroatoms. The summed E-state index contributed by atoms with van der Waals surface area (Å²) in [6.45, 7) is 8.56. The molecule has 3 N–H and O–H groups in total. The van der Waals surface area contributed by atoms with E-state index in [0.29, 0.717) is 31.1 Å². The molecule has 0 saturated heterocycles. The number of ether oxygens (including phenoxy) is 1. The van der Waals surface area contributed by atoms with Gasteiger partial charge in [-0.25, -0.2) is 0 Å². The van der Waals surface area contributed by atoms with Crippen LogP contribution in [0.5, 0.6) is 0 Å². The molecule has 2 rings (SSSR count). The molecule has 2 fully saturated rings. The Balaban J connectivity index is 1.93. The molecule has 2 aliphatic rings. The maximum absolute atomic E-state index is 10.8. The van der Waals surface area contributed by atoms with Gasteiger partial charge < -0.3 is 20.1 Å². The van der Waals surface area contributed by atoms with Crippen LogP contribution in [-0.2, 0) is 4.74 Å². The van der Waals surface area contributed by atoms with Crippen molar-refractivity contribution in [1.29, 1.82) is 0 Å². The Hall–Kier alpha value is -0.160. The van der Waals surface area contributed by atoms with Crippen LogP contribution in [0.15, 0.2) is 0 Å². The van der Waals surface area contributed by atoms with Gasteiger partial charge in [0.25, 0.3) is 0 Å². The third kappa shape index (κ3) is 4.28. The predicted molar refractivity (Wildman–Crippen MR) is 91.1 cm³/mol. The van der Waals surface area contributed by atoms with E-state index in [2.05, 4.69) is 27.7 Å². The average molecular weight is 328 g/mol. The first-order valence-electron chi connectivity index (χ1n) is 9.44. The van der Waals surface area contributed by atoms with Gasteiger partial charge in [0.15, 0.2) is 0 Å². The van der Waals surface area contributed by atoms with E-state index >= 15 is 0 Å². The fraction of sp³-hybridized carbons (Fsp3) is 1.00. The zero-order valence-electron chi connectivity index (χ0n) is 15.3. The molecule has 6 atom stereocenters. The molecule has 0 aromatic rings. The topological polar surface area (TPSA) is 69.9 Å². The second-order valence-corrected chi connectivity index (χ2v) is 8.50. The van der Waals surface area contributed by atoms with Gasteiger partial charge in [-0.1, -0.05) is 34.1 Å². The van der Waals surface area contributed by atoms with Crippen LogP contribution in [0.3, 0.4) is 0 Å². The minimum absolute atomic E-state index is 0.0451. The molecule has 0 heterocycles. The van der Waals surface area contributed by atoms with E-state index in [1.807, 2.05) is 0 Å². The summed E-state index contributed by atoms with van der Waals surface area (Å²) in [5, 5.41) is 31.9. The zero-order chi connectivity index (χ0) is 17.3. The van der Waals surface area contributed by atoms with Crippen LogP contribution in [-0.4, -0.2) is 45.3 Å². The molecule has 0 amide bonds. The molecular weight excluding hydrogens is 292 g/mol. The molecule has 0 spiro atoms. The molecule has 0 radical (unpaired) electrons. The number of hydrogen-bond acceptors (Lipinski definition) is 4. The van der Waals surface area contributed by atoms with E-state index < -0.39 is 17.3 Å². The maximum Gasteiger partial charge on any atom is 0.114 e. The van der Waals surface area contributed by atoms with Crippen LogP contribution >= 0.6 is 0 Å². The highest BCUT2D eigenvalue weighted by molar-refractivity contribution is 4.95. The molecule has 0 aliphatic heterocycles. The summed E-state index contributed by atoms with van der Waals surface area (Å²) < 4.78 is 6.05. The van der Waals surface area contributed by atoms with Crippen molar-refractivity contribution in [2.24, 2.45) is 17.8 Å². The Labute approximate surface area is 141 Å². The summed E-state index contributed by atoms with van der Waals surface area (Å²) in [5.41, 5.74) is -1.79. The molecule has 136 valence electrons. The number of hydrogen-bond donors (Lipinski definition) is 3. The molecule has 4 nitrogen and oxygen atoms in total. The Morgan fingerprint density at radius 2 is 1.87 bits per heavy atom. The lowest BCUT2D eigenvalue weighted by atomic mass is 9.72. The maximum atomic E-state index is 10.8. The van der Waals surface area contributed by atoms with E-state index in [4.69, 9.17) is 4.74 Å². The molecule has 0 aromatic heterocycles. The fourth-order valence-corrected chi connectivity index (χ4v) is 4.13. The summed E-state index contributed by atoms with van der Waals surface area (Å²) in [6.07, 6.45) is 4.89. The largest absolute Gasteiger partial charge is 0.390 e. The first kappa shape index (κ1) is 19.2. The van der Waals surface area contributed by atoms with Crippen molar-refractivity contribution in [2.45, 2.75) is 96.1 Å². The smallest absolute Gasteiger partial charge is 0.114 e. The minimum atomic E-state index is -1.13. The van der Waals surface area contributed by atoms with Crippen molar-refractivity contribution in [1.82, 2.24) is 0 Å². The van der Waals surface area contributed by atoms with Crippen LogP contribution in [0.1, 0.15) is 72.6 Å². The first-order chi connectivity index (χ1) is 10.7. The van der Waals surface area contributed by atoms with Crippen molar-refractivity contribution >= 4 is 0 Å². The number of aliphatic hydroxyl groups is 3.